The fraction of sp³-hybridized carbons (Fsp3) is 0.524. The van der Waals surface area contributed by atoms with Crippen molar-refractivity contribution in [2.24, 2.45) is 23.6 Å². The summed E-state index contributed by atoms with van der Waals surface area (Å²) in [5, 5.41) is 18.9. The topological polar surface area (TPSA) is 159 Å². The molecule has 31 heavy (non-hydrogen) atoms. The number of nitrogens with two attached hydrogens (primary N) is 1. The summed E-state index contributed by atoms with van der Waals surface area (Å²) in [6.07, 6.45) is 3.98. The van der Waals surface area contributed by atoms with E-state index in [4.69, 9.17) is 5.84 Å². The molecule has 9 nitrogen and oxygen atoms in total. The van der Waals surface area contributed by atoms with Gasteiger partial charge in [0.2, 0.25) is 11.8 Å². The summed E-state index contributed by atoms with van der Waals surface area (Å²) in [5.41, 5.74) is 4.23. The molecule has 0 heterocycles. The second-order valence-electron chi connectivity index (χ2n) is 8.00. The summed E-state index contributed by atoms with van der Waals surface area (Å²) >= 11 is 0. The van der Waals surface area contributed by atoms with Crippen LogP contribution in [0.4, 0.5) is 0 Å². The van der Waals surface area contributed by atoms with E-state index in [1.165, 1.54) is 11.6 Å². The van der Waals surface area contributed by atoms with Crippen molar-refractivity contribution in [1.29, 1.82) is 0 Å². The van der Waals surface area contributed by atoms with Crippen LogP contribution in [0.2, 0.25) is 0 Å². The van der Waals surface area contributed by atoms with Crippen LogP contribution in [-0.2, 0) is 19.4 Å². The summed E-state index contributed by atoms with van der Waals surface area (Å²) in [6, 6.07) is 8.87. The maximum Gasteiger partial charge on any atom is 0.249 e. The first-order chi connectivity index (χ1) is 14.5. The average molecular weight is 456 g/mol. The molecule has 0 spiro atoms. The van der Waals surface area contributed by atoms with Gasteiger partial charge in [0.15, 0.2) is 9.84 Å². The van der Waals surface area contributed by atoms with Crippen molar-refractivity contribution in [1.82, 2.24) is 10.9 Å². The van der Waals surface area contributed by atoms with Crippen LogP contribution in [0.15, 0.2) is 36.4 Å². The van der Waals surface area contributed by atoms with Crippen LogP contribution < -0.4 is 16.7 Å². The summed E-state index contributed by atoms with van der Waals surface area (Å²) in [5.74, 6) is 0.889. The number of rotatable bonds is 12. The number of carbonyl (C=O) groups excluding carboxylic acids is 2. The van der Waals surface area contributed by atoms with Gasteiger partial charge in [-0.05, 0) is 30.7 Å². The Hall–Kier alpha value is -2.27. The van der Waals surface area contributed by atoms with Crippen molar-refractivity contribution >= 4 is 27.7 Å². The fourth-order valence-electron chi connectivity index (χ4n) is 3.86. The van der Waals surface area contributed by atoms with Gasteiger partial charge in [-0.1, -0.05) is 56.3 Å². The van der Waals surface area contributed by atoms with Gasteiger partial charge in [0, 0.05) is 12.9 Å². The zero-order chi connectivity index (χ0) is 23.7. The van der Waals surface area contributed by atoms with Crippen molar-refractivity contribution < 1.29 is 28.3 Å². The van der Waals surface area contributed by atoms with Crippen LogP contribution >= 0.6 is 0 Å². The molecule has 174 valence electrons. The molecular weight excluding hydrogens is 422 g/mol. The van der Waals surface area contributed by atoms with E-state index in [1.807, 2.05) is 19.3 Å². The number of benzene rings is 1. The minimum atomic E-state index is -4.04. The molecule has 6 N–H and O–H groups in total. The van der Waals surface area contributed by atoms with E-state index in [0.717, 1.165) is 6.26 Å². The van der Waals surface area contributed by atoms with Gasteiger partial charge in [0.1, 0.15) is 4.75 Å². The molecule has 0 bridgehead atoms. The molecule has 0 fully saturated rings. The third kappa shape index (κ3) is 6.86. The Morgan fingerprint density at radius 1 is 1.19 bits per heavy atom. The first-order valence-electron chi connectivity index (χ1n) is 10.0. The highest BCUT2D eigenvalue weighted by Gasteiger charge is 2.53. The Bertz CT molecular complexity index is 857. The van der Waals surface area contributed by atoms with Gasteiger partial charge >= 0.3 is 0 Å². The number of amides is 2. The molecule has 3 atom stereocenters. The molecule has 1 aromatic carbocycles. The minimum absolute atomic E-state index is 0.0556. The molecule has 1 aromatic rings. The average Bonchev–Trinajstić information content (AvgIpc) is 2.73. The highest BCUT2D eigenvalue weighted by atomic mass is 32.2. The van der Waals surface area contributed by atoms with E-state index >= 15 is 0 Å². The zero-order valence-corrected chi connectivity index (χ0v) is 18.9. The molecule has 0 aliphatic carbocycles. The summed E-state index contributed by atoms with van der Waals surface area (Å²) in [6.45, 7) is 3.32. The summed E-state index contributed by atoms with van der Waals surface area (Å²) in [7, 11) is -4.04. The maximum atomic E-state index is 13.2. The van der Waals surface area contributed by atoms with Gasteiger partial charge in [0.25, 0.3) is 0 Å². The number of sulfone groups is 1. The highest BCUT2D eigenvalue weighted by molar-refractivity contribution is 7.92. The fourth-order valence-corrected chi connectivity index (χ4v) is 5.43. The van der Waals surface area contributed by atoms with Crippen LogP contribution in [0, 0.1) is 17.8 Å². The minimum Gasteiger partial charge on any atom is -0.396 e. The molecule has 1 rings (SSSR count). The second kappa shape index (κ2) is 11.9. The second-order valence-corrected chi connectivity index (χ2v) is 10.3. The third-order valence-electron chi connectivity index (χ3n) is 5.30. The van der Waals surface area contributed by atoms with Crippen molar-refractivity contribution in [3.8, 4) is 0 Å². The first kappa shape index (κ1) is 26.8. The third-order valence-corrected chi connectivity index (χ3v) is 7.27. The highest BCUT2D eigenvalue weighted by Crippen LogP contribution is 2.41. The standard InChI is InChI=1S/C21H33N3O6S/c1-15(2)14-17(19(26)23-22)18(20(27)24-28)21(11-7-13-25,31(3,29)30)12-10-16-8-5-4-6-9-16/h4-6,8-10,12,15,17-18,25,28H,7,11,13-14,22H2,1-3H3,(H,23,26)(H,24,27)/b12-10+/t17-,18+,21?/m1/s1. The van der Waals surface area contributed by atoms with Crippen LogP contribution in [0.5, 0.6) is 0 Å². The molecule has 0 saturated carbocycles. The molecule has 0 aliphatic rings. The number of hydrogen-bond acceptors (Lipinski definition) is 7. The van der Waals surface area contributed by atoms with Gasteiger partial charge in [-0.15, -0.1) is 0 Å². The first-order valence-corrected chi connectivity index (χ1v) is 11.9. The lowest BCUT2D eigenvalue weighted by atomic mass is 9.74. The number of hydroxylamine groups is 1. The van der Waals surface area contributed by atoms with Gasteiger partial charge in [-0.25, -0.2) is 19.7 Å². The lowest BCUT2D eigenvalue weighted by Gasteiger charge is -2.39. The molecule has 0 aliphatic heterocycles. The van der Waals surface area contributed by atoms with Crippen molar-refractivity contribution in [2.45, 2.75) is 37.9 Å². The Morgan fingerprint density at radius 3 is 2.26 bits per heavy atom. The van der Waals surface area contributed by atoms with Gasteiger partial charge < -0.3 is 5.11 Å². The van der Waals surface area contributed by atoms with Crippen LogP contribution in [0.25, 0.3) is 6.08 Å². The molecule has 0 aromatic heterocycles. The van der Waals surface area contributed by atoms with Gasteiger partial charge in [-0.2, -0.15) is 0 Å². The van der Waals surface area contributed by atoms with Gasteiger partial charge in [-0.3, -0.25) is 20.2 Å². The summed E-state index contributed by atoms with van der Waals surface area (Å²) in [4.78, 5) is 25.5. The zero-order valence-electron chi connectivity index (χ0n) is 18.1. The number of carbonyl (C=O) groups is 2. The van der Waals surface area contributed by atoms with E-state index in [-0.39, 0.29) is 31.8 Å². The summed E-state index contributed by atoms with van der Waals surface area (Å²) < 4.78 is 24.5. The van der Waals surface area contributed by atoms with Crippen LogP contribution in [-0.4, -0.2) is 48.2 Å². The van der Waals surface area contributed by atoms with E-state index < -0.39 is 38.2 Å². The van der Waals surface area contributed by atoms with Crippen molar-refractivity contribution in [2.75, 3.05) is 12.9 Å². The van der Waals surface area contributed by atoms with Gasteiger partial charge in [0.05, 0.1) is 11.8 Å². The smallest absolute Gasteiger partial charge is 0.249 e. The van der Waals surface area contributed by atoms with E-state index in [2.05, 4.69) is 0 Å². The Labute approximate surface area is 183 Å². The lowest BCUT2D eigenvalue weighted by Crippen LogP contribution is -2.57. The predicted octanol–water partition coefficient (Wildman–Crippen LogP) is 1.03. The van der Waals surface area contributed by atoms with E-state index in [0.29, 0.717) is 5.56 Å². The number of aliphatic hydroxyl groups excluding tert-OH is 1. The van der Waals surface area contributed by atoms with E-state index in [1.54, 1.807) is 36.4 Å². The van der Waals surface area contributed by atoms with Crippen LogP contribution in [0.1, 0.15) is 38.7 Å². The largest absolute Gasteiger partial charge is 0.396 e. The number of nitrogens with one attached hydrogen (secondary N) is 2. The molecule has 0 radical (unpaired) electrons. The number of hydrazine groups is 1. The van der Waals surface area contributed by atoms with Crippen LogP contribution in [0.3, 0.4) is 0 Å². The molecule has 10 heteroatoms. The van der Waals surface area contributed by atoms with Crippen molar-refractivity contribution in [3.63, 3.8) is 0 Å². The SMILES string of the molecule is CC(C)C[C@@H](C(=O)NN)[C@@H](C(=O)NO)C(/C=C/c1ccccc1)(CCCO)S(C)(=O)=O. The molecule has 1 unspecified atom stereocenters. The Kier molecular flexibility index (Phi) is 10.3. The molecule has 2 amide bonds. The molecular formula is C21H33N3O6S. The number of aliphatic hydroxyl groups is 1. The lowest BCUT2D eigenvalue weighted by molar-refractivity contribution is -0.142. The molecule has 0 saturated heterocycles. The predicted molar refractivity (Wildman–Crippen MR) is 118 cm³/mol. The van der Waals surface area contributed by atoms with Crippen molar-refractivity contribution in [3.05, 3.63) is 42.0 Å². The monoisotopic (exact) mass is 455 g/mol. The Balaban J connectivity index is 3.83. The normalized spacial score (nSPS) is 16.0. The van der Waals surface area contributed by atoms with E-state index in [9.17, 15) is 28.3 Å². The number of hydrogen-bond donors (Lipinski definition) is 5. The Morgan fingerprint density at radius 2 is 1.81 bits per heavy atom. The maximum absolute atomic E-state index is 13.2. The quantitative estimate of drug-likeness (QED) is 0.136.